The lowest BCUT2D eigenvalue weighted by Crippen LogP contribution is -2.03. The van der Waals surface area contributed by atoms with E-state index in [4.69, 9.17) is 34.8 Å². The molecule has 0 fully saturated rings. The molecule has 0 bridgehead atoms. The maximum Gasteiger partial charge on any atom is 0.0845 e. The molecule has 0 aliphatic carbocycles. The van der Waals surface area contributed by atoms with Gasteiger partial charge in [-0.25, -0.2) is 0 Å². The fourth-order valence-electron chi connectivity index (χ4n) is 1.93. The van der Waals surface area contributed by atoms with Crippen LogP contribution in [0.5, 0.6) is 0 Å². The van der Waals surface area contributed by atoms with E-state index in [0.29, 0.717) is 27.1 Å². The number of aliphatic hydroxyl groups excluding tert-OH is 1. The molecular formula is C15H13Cl3O. The predicted octanol–water partition coefficient (Wildman–Crippen LogP) is 5.23. The van der Waals surface area contributed by atoms with Crippen molar-refractivity contribution in [1.82, 2.24) is 0 Å². The summed E-state index contributed by atoms with van der Waals surface area (Å²) in [5, 5.41) is 12.0. The number of hydrogen-bond donors (Lipinski definition) is 1. The van der Waals surface area contributed by atoms with Gasteiger partial charge < -0.3 is 5.11 Å². The van der Waals surface area contributed by atoms with Crippen molar-refractivity contribution in [3.05, 3.63) is 68.2 Å². The van der Waals surface area contributed by atoms with Gasteiger partial charge in [0.25, 0.3) is 0 Å². The number of aryl methyl sites for hydroxylation is 1. The zero-order valence-electron chi connectivity index (χ0n) is 10.3. The van der Waals surface area contributed by atoms with Gasteiger partial charge in [0.2, 0.25) is 0 Å². The Morgan fingerprint density at radius 2 is 1.84 bits per heavy atom. The molecule has 100 valence electrons. The van der Waals surface area contributed by atoms with Crippen LogP contribution in [-0.2, 0) is 6.42 Å². The number of hydrogen-bond acceptors (Lipinski definition) is 1. The first-order valence-electron chi connectivity index (χ1n) is 5.86. The number of rotatable bonds is 3. The Bertz CT molecular complexity index is 596. The van der Waals surface area contributed by atoms with Gasteiger partial charge in [-0.15, -0.1) is 0 Å². The Hall–Kier alpha value is -0.730. The number of halogens is 3. The van der Waals surface area contributed by atoms with Crippen molar-refractivity contribution in [2.45, 2.75) is 19.4 Å². The van der Waals surface area contributed by atoms with Crippen LogP contribution < -0.4 is 0 Å². The predicted molar refractivity (Wildman–Crippen MR) is 81.3 cm³/mol. The minimum absolute atomic E-state index is 0.402. The monoisotopic (exact) mass is 314 g/mol. The normalized spacial score (nSPS) is 12.5. The van der Waals surface area contributed by atoms with E-state index in [1.54, 1.807) is 12.1 Å². The average molecular weight is 316 g/mol. The summed E-state index contributed by atoms with van der Waals surface area (Å²) in [5.74, 6) is 0. The van der Waals surface area contributed by atoms with E-state index >= 15 is 0 Å². The first kappa shape index (κ1) is 14.7. The van der Waals surface area contributed by atoms with Crippen LogP contribution in [0.25, 0.3) is 0 Å². The standard InChI is InChI=1S/C15H13Cl3O/c1-9-3-2-4-12(15(9)18)14(19)7-10-5-6-11(16)8-13(10)17/h2-6,8,14,19H,7H2,1H3. The van der Waals surface area contributed by atoms with Gasteiger partial charge in [0.15, 0.2) is 0 Å². The summed E-state index contributed by atoms with van der Waals surface area (Å²) in [4.78, 5) is 0. The summed E-state index contributed by atoms with van der Waals surface area (Å²) in [6, 6.07) is 10.9. The average Bonchev–Trinajstić information content (AvgIpc) is 2.36. The third kappa shape index (κ3) is 3.43. The SMILES string of the molecule is Cc1cccc(C(O)Cc2ccc(Cl)cc2Cl)c1Cl. The molecule has 1 nitrogen and oxygen atoms in total. The fraction of sp³-hybridized carbons (Fsp3) is 0.200. The van der Waals surface area contributed by atoms with E-state index < -0.39 is 6.10 Å². The van der Waals surface area contributed by atoms with Gasteiger partial charge >= 0.3 is 0 Å². The molecule has 4 heteroatoms. The van der Waals surface area contributed by atoms with Crippen molar-refractivity contribution in [3.63, 3.8) is 0 Å². The first-order valence-corrected chi connectivity index (χ1v) is 6.99. The third-order valence-electron chi connectivity index (χ3n) is 3.01. The van der Waals surface area contributed by atoms with E-state index in [9.17, 15) is 5.11 Å². The Labute approximate surface area is 127 Å². The maximum atomic E-state index is 10.3. The van der Waals surface area contributed by atoms with E-state index in [1.165, 1.54) is 0 Å². The summed E-state index contributed by atoms with van der Waals surface area (Å²) in [7, 11) is 0. The zero-order chi connectivity index (χ0) is 14.0. The van der Waals surface area contributed by atoms with Crippen LogP contribution in [0.2, 0.25) is 15.1 Å². The summed E-state index contributed by atoms with van der Waals surface area (Å²) in [6.45, 7) is 1.91. The topological polar surface area (TPSA) is 20.2 Å². The van der Waals surface area contributed by atoms with Crippen LogP contribution in [0.15, 0.2) is 36.4 Å². The Morgan fingerprint density at radius 3 is 2.53 bits per heavy atom. The maximum absolute atomic E-state index is 10.3. The minimum Gasteiger partial charge on any atom is -0.388 e. The number of aliphatic hydroxyl groups is 1. The molecule has 2 aromatic carbocycles. The highest BCUT2D eigenvalue weighted by atomic mass is 35.5. The second kappa shape index (κ2) is 6.15. The zero-order valence-corrected chi connectivity index (χ0v) is 12.6. The third-order valence-corrected chi connectivity index (χ3v) is 4.11. The molecular weight excluding hydrogens is 303 g/mol. The van der Waals surface area contributed by atoms with E-state index in [0.717, 1.165) is 11.1 Å². The smallest absolute Gasteiger partial charge is 0.0845 e. The van der Waals surface area contributed by atoms with Crippen molar-refractivity contribution in [2.75, 3.05) is 0 Å². The highest BCUT2D eigenvalue weighted by molar-refractivity contribution is 6.35. The highest BCUT2D eigenvalue weighted by Gasteiger charge is 2.15. The van der Waals surface area contributed by atoms with E-state index in [-0.39, 0.29) is 0 Å². The molecule has 1 atom stereocenters. The van der Waals surface area contributed by atoms with Crippen LogP contribution in [0.4, 0.5) is 0 Å². The Kier molecular flexibility index (Phi) is 4.75. The van der Waals surface area contributed by atoms with Gasteiger partial charge in [-0.2, -0.15) is 0 Å². The van der Waals surface area contributed by atoms with Crippen molar-refractivity contribution < 1.29 is 5.11 Å². The van der Waals surface area contributed by atoms with Crippen LogP contribution in [0.1, 0.15) is 22.8 Å². The summed E-state index contributed by atoms with van der Waals surface area (Å²) in [5.41, 5.74) is 2.50. The quantitative estimate of drug-likeness (QED) is 0.822. The molecule has 19 heavy (non-hydrogen) atoms. The Morgan fingerprint density at radius 1 is 1.11 bits per heavy atom. The second-order valence-electron chi connectivity index (χ2n) is 4.43. The van der Waals surface area contributed by atoms with Crippen LogP contribution >= 0.6 is 34.8 Å². The molecule has 0 amide bonds. The lowest BCUT2D eigenvalue weighted by Gasteiger charge is -2.15. The molecule has 1 N–H and O–H groups in total. The largest absolute Gasteiger partial charge is 0.388 e. The molecule has 0 saturated carbocycles. The van der Waals surface area contributed by atoms with Crippen molar-refractivity contribution in [3.8, 4) is 0 Å². The summed E-state index contributed by atoms with van der Waals surface area (Å²) >= 11 is 18.2. The van der Waals surface area contributed by atoms with Gasteiger partial charge in [0.05, 0.1) is 6.10 Å². The summed E-state index contributed by atoms with van der Waals surface area (Å²) in [6.07, 6.45) is -0.287. The van der Waals surface area contributed by atoms with Gasteiger partial charge in [-0.1, -0.05) is 59.1 Å². The lowest BCUT2D eigenvalue weighted by molar-refractivity contribution is 0.178. The van der Waals surface area contributed by atoms with Gasteiger partial charge in [0.1, 0.15) is 0 Å². The minimum atomic E-state index is -0.689. The highest BCUT2D eigenvalue weighted by Crippen LogP contribution is 2.30. The van der Waals surface area contributed by atoms with Crippen molar-refractivity contribution in [1.29, 1.82) is 0 Å². The van der Waals surface area contributed by atoms with Crippen LogP contribution in [0, 0.1) is 6.92 Å². The molecule has 0 heterocycles. The molecule has 2 rings (SSSR count). The lowest BCUT2D eigenvalue weighted by atomic mass is 10.00. The van der Waals surface area contributed by atoms with Crippen LogP contribution in [-0.4, -0.2) is 5.11 Å². The molecule has 0 aromatic heterocycles. The number of benzene rings is 2. The van der Waals surface area contributed by atoms with Gasteiger partial charge in [-0.05, 0) is 35.7 Å². The van der Waals surface area contributed by atoms with Crippen molar-refractivity contribution in [2.24, 2.45) is 0 Å². The van der Waals surface area contributed by atoms with E-state index in [2.05, 4.69) is 0 Å². The molecule has 0 aliphatic rings. The molecule has 1 unspecified atom stereocenters. The first-order chi connectivity index (χ1) is 8.99. The molecule has 0 saturated heterocycles. The molecule has 0 aliphatic heterocycles. The molecule has 0 radical (unpaired) electrons. The Balaban J connectivity index is 2.25. The fourth-order valence-corrected chi connectivity index (χ4v) is 2.67. The molecule has 2 aromatic rings. The van der Waals surface area contributed by atoms with Gasteiger partial charge in [0, 0.05) is 21.5 Å². The van der Waals surface area contributed by atoms with Gasteiger partial charge in [-0.3, -0.25) is 0 Å². The van der Waals surface area contributed by atoms with E-state index in [1.807, 2.05) is 31.2 Å². The summed E-state index contributed by atoms with van der Waals surface area (Å²) < 4.78 is 0. The van der Waals surface area contributed by atoms with Crippen LogP contribution in [0.3, 0.4) is 0 Å². The molecule has 0 spiro atoms. The van der Waals surface area contributed by atoms with Crippen molar-refractivity contribution >= 4 is 34.8 Å². The second-order valence-corrected chi connectivity index (χ2v) is 5.66.